The van der Waals surface area contributed by atoms with Crippen molar-refractivity contribution in [3.05, 3.63) is 0 Å². The Kier molecular flexibility index (Phi) is 7.59. The van der Waals surface area contributed by atoms with Gasteiger partial charge in [-0.05, 0) is 32.1 Å². The Morgan fingerprint density at radius 3 is 2.24 bits per heavy atom. The van der Waals surface area contributed by atoms with Crippen LogP contribution in [-0.4, -0.2) is 24.5 Å². The molecule has 0 bridgehead atoms. The lowest BCUT2D eigenvalue weighted by atomic mass is 9.96. The van der Waals surface area contributed by atoms with Crippen LogP contribution in [0.15, 0.2) is 0 Å². The number of carbonyl (C=O) groups excluding carboxylic acids is 2. The molecule has 4 nitrogen and oxygen atoms in total. The van der Waals surface area contributed by atoms with Crippen LogP contribution in [-0.2, 0) is 14.3 Å². The van der Waals surface area contributed by atoms with Crippen molar-refractivity contribution in [1.29, 1.82) is 0 Å². The van der Waals surface area contributed by atoms with Crippen LogP contribution in [0.3, 0.4) is 0 Å². The fourth-order valence-electron chi connectivity index (χ4n) is 1.83. The monoisotopic (exact) mass is 243 g/mol. The summed E-state index contributed by atoms with van der Waals surface area (Å²) in [5, 5.41) is 2.66. The first-order valence-electron chi connectivity index (χ1n) is 6.32. The van der Waals surface area contributed by atoms with Gasteiger partial charge >= 0.3 is 5.97 Å². The highest BCUT2D eigenvalue weighted by molar-refractivity contribution is 5.84. The zero-order valence-corrected chi connectivity index (χ0v) is 11.6. The number of rotatable bonds is 7. The molecule has 0 spiro atoms. The summed E-state index contributed by atoms with van der Waals surface area (Å²) < 4.78 is 4.82. The summed E-state index contributed by atoms with van der Waals surface area (Å²) in [5.74, 6) is 0.459. The summed E-state index contributed by atoms with van der Waals surface area (Å²) in [6, 6.07) is -0.561. The molecule has 0 radical (unpaired) electrons. The molecular formula is C13H25NO3. The first-order chi connectivity index (χ1) is 7.86. The van der Waals surface area contributed by atoms with Gasteiger partial charge in [-0.25, -0.2) is 4.79 Å². The van der Waals surface area contributed by atoms with E-state index in [4.69, 9.17) is 4.74 Å². The average Bonchev–Trinajstić information content (AvgIpc) is 2.15. The molecule has 1 N–H and O–H groups in total. The first-order valence-corrected chi connectivity index (χ1v) is 6.32. The first kappa shape index (κ1) is 15.9. The Balaban J connectivity index is 3.96. The van der Waals surface area contributed by atoms with Gasteiger partial charge in [0.2, 0.25) is 5.91 Å². The molecule has 17 heavy (non-hydrogen) atoms. The molecule has 0 saturated heterocycles. The second-order valence-electron chi connectivity index (χ2n) is 4.98. The number of ether oxygens (including phenoxy) is 1. The number of esters is 1. The molecule has 100 valence electrons. The highest BCUT2D eigenvalue weighted by Gasteiger charge is 2.18. The fourth-order valence-corrected chi connectivity index (χ4v) is 1.83. The van der Waals surface area contributed by atoms with E-state index in [1.54, 1.807) is 13.8 Å². The highest BCUT2D eigenvalue weighted by atomic mass is 16.5. The van der Waals surface area contributed by atoms with Crippen LogP contribution in [0.25, 0.3) is 0 Å². The number of hydrogen-bond acceptors (Lipinski definition) is 3. The van der Waals surface area contributed by atoms with Crippen molar-refractivity contribution in [3.63, 3.8) is 0 Å². The molecule has 0 aliphatic heterocycles. The molecule has 0 unspecified atom stereocenters. The van der Waals surface area contributed by atoms with Gasteiger partial charge in [0.25, 0.3) is 0 Å². The maximum absolute atomic E-state index is 11.6. The minimum Gasteiger partial charge on any atom is -0.464 e. The molecule has 2 atom stereocenters. The van der Waals surface area contributed by atoms with Crippen molar-refractivity contribution in [2.75, 3.05) is 6.61 Å². The Labute approximate surface area is 104 Å². The van der Waals surface area contributed by atoms with Gasteiger partial charge in [-0.3, -0.25) is 4.79 Å². The van der Waals surface area contributed by atoms with E-state index in [0.717, 1.165) is 6.42 Å². The van der Waals surface area contributed by atoms with Gasteiger partial charge in [-0.15, -0.1) is 0 Å². The highest BCUT2D eigenvalue weighted by Crippen LogP contribution is 2.14. The number of carbonyl (C=O) groups is 2. The Hall–Kier alpha value is -1.06. The summed E-state index contributed by atoms with van der Waals surface area (Å²) in [6.07, 6.45) is 1.48. The van der Waals surface area contributed by atoms with Crippen molar-refractivity contribution < 1.29 is 14.3 Å². The summed E-state index contributed by atoms with van der Waals surface area (Å²) in [5.41, 5.74) is 0. The minimum atomic E-state index is -0.561. The van der Waals surface area contributed by atoms with Crippen LogP contribution in [0.4, 0.5) is 0 Å². The molecule has 0 aromatic rings. The van der Waals surface area contributed by atoms with E-state index in [1.165, 1.54) is 0 Å². The molecular weight excluding hydrogens is 218 g/mol. The SMILES string of the molecule is CCOC(=O)[C@H](C)NC(=O)C[C@H](C)CC(C)C. The minimum absolute atomic E-state index is 0.0845. The van der Waals surface area contributed by atoms with Crippen molar-refractivity contribution >= 4 is 11.9 Å². The second kappa shape index (κ2) is 8.09. The zero-order valence-electron chi connectivity index (χ0n) is 11.6. The van der Waals surface area contributed by atoms with Gasteiger partial charge in [-0.2, -0.15) is 0 Å². The average molecular weight is 243 g/mol. The van der Waals surface area contributed by atoms with Gasteiger partial charge < -0.3 is 10.1 Å². The van der Waals surface area contributed by atoms with E-state index < -0.39 is 6.04 Å². The van der Waals surface area contributed by atoms with E-state index >= 15 is 0 Å². The predicted octanol–water partition coefficient (Wildman–Crippen LogP) is 2.13. The molecule has 0 aliphatic carbocycles. The predicted molar refractivity (Wildman–Crippen MR) is 67.5 cm³/mol. The number of hydrogen-bond donors (Lipinski definition) is 1. The van der Waals surface area contributed by atoms with E-state index in [9.17, 15) is 9.59 Å². The normalized spacial score (nSPS) is 14.2. The maximum atomic E-state index is 11.6. The number of nitrogens with one attached hydrogen (secondary N) is 1. The molecule has 0 aliphatic rings. The third-order valence-electron chi connectivity index (χ3n) is 2.43. The summed E-state index contributed by atoms with van der Waals surface area (Å²) in [7, 11) is 0. The Bertz CT molecular complexity index is 251. The van der Waals surface area contributed by atoms with Crippen molar-refractivity contribution in [2.24, 2.45) is 11.8 Å². The fraction of sp³-hybridized carbons (Fsp3) is 0.846. The Morgan fingerprint density at radius 2 is 1.76 bits per heavy atom. The van der Waals surface area contributed by atoms with Crippen LogP contribution >= 0.6 is 0 Å². The molecule has 0 aromatic heterocycles. The van der Waals surface area contributed by atoms with Crippen LogP contribution in [0.5, 0.6) is 0 Å². The summed E-state index contributed by atoms with van der Waals surface area (Å²) >= 11 is 0. The van der Waals surface area contributed by atoms with Gasteiger partial charge in [-0.1, -0.05) is 20.8 Å². The van der Waals surface area contributed by atoms with Crippen molar-refractivity contribution in [3.8, 4) is 0 Å². The molecule has 4 heteroatoms. The standard InChI is InChI=1S/C13H25NO3/c1-6-17-13(16)11(5)14-12(15)8-10(4)7-9(2)3/h9-11H,6-8H2,1-5H3,(H,14,15)/t10-,11+/m1/s1. The largest absolute Gasteiger partial charge is 0.464 e. The molecule has 0 aromatic carbocycles. The van der Waals surface area contributed by atoms with Crippen LogP contribution in [0.1, 0.15) is 47.5 Å². The Morgan fingerprint density at radius 1 is 1.18 bits per heavy atom. The molecule has 1 amide bonds. The second-order valence-corrected chi connectivity index (χ2v) is 4.98. The summed E-state index contributed by atoms with van der Waals surface area (Å²) in [6.45, 7) is 10.0. The summed E-state index contributed by atoms with van der Waals surface area (Å²) in [4.78, 5) is 22.9. The van der Waals surface area contributed by atoms with E-state index in [2.05, 4.69) is 26.1 Å². The van der Waals surface area contributed by atoms with E-state index in [-0.39, 0.29) is 11.9 Å². The van der Waals surface area contributed by atoms with Gasteiger partial charge in [0, 0.05) is 6.42 Å². The molecule has 0 heterocycles. The van der Waals surface area contributed by atoms with Gasteiger partial charge in [0.15, 0.2) is 0 Å². The third-order valence-corrected chi connectivity index (χ3v) is 2.43. The number of amides is 1. The lowest BCUT2D eigenvalue weighted by Crippen LogP contribution is -2.40. The lowest BCUT2D eigenvalue weighted by Gasteiger charge is -2.16. The molecule has 0 fully saturated rings. The van der Waals surface area contributed by atoms with Crippen molar-refractivity contribution in [1.82, 2.24) is 5.32 Å². The zero-order chi connectivity index (χ0) is 13.4. The lowest BCUT2D eigenvalue weighted by molar-refractivity contribution is -0.147. The van der Waals surface area contributed by atoms with Crippen LogP contribution in [0, 0.1) is 11.8 Å². The van der Waals surface area contributed by atoms with Gasteiger partial charge in [0.1, 0.15) is 6.04 Å². The quantitative estimate of drug-likeness (QED) is 0.697. The topological polar surface area (TPSA) is 55.4 Å². The molecule has 0 saturated carbocycles. The van der Waals surface area contributed by atoms with E-state index in [1.807, 2.05) is 0 Å². The van der Waals surface area contributed by atoms with Crippen LogP contribution < -0.4 is 5.32 Å². The molecule has 0 rings (SSSR count). The van der Waals surface area contributed by atoms with Crippen molar-refractivity contribution in [2.45, 2.75) is 53.5 Å². The maximum Gasteiger partial charge on any atom is 0.328 e. The van der Waals surface area contributed by atoms with E-state index in [0.29, 0.717) is 24.9 Å². The van der Waals surface area contributed by atoms with Gasteiger partial charge in [0.05, 0.1) is 6.61 Å². The smallest absolute Gasteiger partial charge is 0.328 e. The third kappa shape index (κ3) is 7.77. The van der Waals surface area contributed by atoms with Crippen LogP contribution in [0.2, 0.25) is 0 Å².